The third kappa shape index (κ3) is 0.758. The van der Waals surface area contributed by atoms with Crippen LogP contribution in [0.1, 0.15) is 0 Å². The standard InChI is InChI=1S/C10H9N3/c1-13-10-7-4-2-3-5-8(7)12-9(10)6-11-13/h2-6,12H,1H3. The molecule has 0 amide bonds. The number of H-pyrrole nitrogens is 1. The Morgan fingerprint density at radius 1 is 1.23 bits per heavy atom. The van der Waals surface area contributed by atoms with Gasteiger partial charge in [-0.15, -0.1) is 0 Å². The van der Waals surface area contributed by atoms with E-state index in [0.29, 0.717) is 0 Å². The average Bonchev–Trinajstić information content (AvgIpc) is 2.66. The number of fused-ring (bicyclic) bond motifs is 3. The lowest BCUT2D eigenvalue weighted by molar-refractivity contribution is 0.799. The number of hydrogen-bond acceptors (Lipinski definition) is 1. The molecule has 2 heterocycles. The van der Waals surface area contributed by atoms with Crippen LogP contribution in [-0.2, 0) is 7.05 Å². The molecule has 0 aliphatic rings. The van der Waals surface area contributed by atoms with Gasteiger partial charge in [0.25, 0.3) is 0 Å². The summed E-state index contributed by atoms with van der Waals surface area (Å²) in [5.41, 5.74) is 3.45. The van der Waals surface area contributed by atoms with E-state index < -0.39 is 0 Å². The minimum Gasteiger partial charge on any atom is -0.352 e. The zero-order chi connectivity index (χ0) is 8.84. The number of nitrogens with one attached hydrogen (secondary N) is 1. The van der Waals surface area contributed by atoms with Gasteiger partial charge in [-0.1, -0.05) is 18.2 Å². The first-order chi connectivity index (χ1) is 6.36. The molecule has 0 aliphatic carbocycles. The zero-order valence-electron chi connectivity index (χ0n) is 7.28. The number of aromatic nitrogens is 3. The highest BCUT2D eigenvalue weighted by molar-refractivity contribution is 6.04. The minimum absolute atomic E-state index is 1.10. The van der Waals surface area contributed by atoms with E-state index in [1.54, 1.807) is 0 Å². The highest BCUT2D eigenvalue weighted by atomic mass is 15.3. The lowest BCUT2D eigenvalue weighted by Gasteiger charge is -1.91. The van der Waals surface area contributed by atoms with Crippen molar-refractivity contribution in [3.63, 3.8) is 0 Å². The van der Waals surface area contributed by atoms with Crippen LogP contribution < -0.4 is 0 Å². The number of benzene rings is 1. The van der Waals surface area contributed by atoms with E-state index in [1.165, 1.54) is 16.4 Å². The van der Waals surface area contributed by atoms with Crippen LogP contribution in [0.5, 0.6) is 0 Å². The first kappa shape index (κ1) is 6.71. The summed E-state index contributed by atoms with van der Waals surface area (Å²) in [6.07, 6.45) is 1.86. The van der Waals surface area contributed by atoms with Crippen LogP contribution in [0, 0.1) is 0 Å². The van der Waals surface area contributed by atoms with Crippen LogP contribution in [0.2, 0.25) is 0 Å². The predicted octanol–water partition coefficient (Wildman–Crippen LogP) is 2.05. The normalized spacial score (nSPS) is 11.5. The van der Waals surface area contributed by atoms with Crippen LogP contribution in [0.4, 0.5) is 0 Å². The second-order valence-electron chi connectivity index (χ2n) is 3.20. The van der Waals surface area contributed by atoms with Crippen molar-refractivity contribution in [3.05, 3.63) is 30.5 Å². The summed E-state index contributed by atoms with van der Waals surface area (Å²) in [5.74, 6) is 0. The molecule has 0 radical (unpaired) electrons. The Labute approximate surface area is 75.0 Å². The fourth-order valence-corrected chi connectivity index (χ4v) is 1.79. The third-order valence-corrected chi connectivity index (χ3v) is 2.39. The largest absolute Gasteiger partial charge is 0.352 e. The molecule has 0 fully saturated rings. The predicted molar refractivity (Wildman–Crippen MR) is 52.6 cm³/mol. The molecule has 0 unspecified atom stereocenters. The Morgan fingerprint density at radius 2 is 2.08 bits per heavy atom. The fourth-order valence-electron chi connectivity index (χ4n) is 1.79. The third-order valence-electron chi connectivity index (χ3n) is 2.39. The van der Waals surface area contributed by atoms with E-state index >= 15 is 0 Å². The molecule has 3 rings (SSSR count). The van der Waals surface area contributed by atoms with Gasteiger partial charge in [-0.25, -0.2) is 0 Å². The van der Waals surface area contributed by atoms with Gasteiger partial charge in [-0.3, -0.25) is 4.68 Å². The van der Waals surface area contributed by atoms with Crippen molar-refractivity contribution in [2.24, 2.45) is 7.05 Å². The Morgan fingerprint density at radius 3 is 3.00 bits per heavy atom. The molecule has 0 atom stereocenters. The molecule has 2 aromatic heterocycles. The SMILES string of the molecule is Cn1ncc2[nH]c3ccccc3c21. The molecule has 1 aromatic carbocycles. The van der Waals surface area contributed by atoms with Gasteiger partial charge in [0.2, 0.25) is 0 Å². The van der Waals surface area contributed by atoms with Gasteiger partial charge in [0, 0.05) is 18.0 Å². The van der Waals surface area contributed by atoms with Crippen LogP contribution in [0.15, 0.2) is 30.5 Å². The van der Waals surface area contributed by atoms with E-state index in [-0.39, 0.29) is 0 Å². The van der Waals surface area contributed by atoms with Crippen molar-refractivity contribution in [3.8, 4) is 0 Å². The molecule has 1 N–H and O–H groups in total. The highest BCUT2D eigenvalue weighted by Gasteiger charge is 2.06. The molecule has 0 spiro atoms. The van der Waals surface area contributed by atoms with Crippen LogP contribution >= 0.6 is 0 Å². The lowest BCUT2D eigenvalue weighted by atomic mass is 10.2. The molecular formula is C10H9N3. The van der Waals surface area contributed by atoms with Gasteiger partial charge in [0.1, 0.15) is 0 Å². The van der Waals surface area contributed by atoms with E-state index in [1.807, 2.05) is 30.1 Å². The van der Waals surface area contributed by atoms with Gasteiger partial charge < -0.3 is 4.98 Å². The summed E-state index contributed by atoms with van der Waals surface area (Å²) >= 11 is 0. The molecule has 0 bridgehead atoms. The molecule has 3 aromatic rings. The first-order valence-corrected chi connectivity index (χ1v) is 4.25. The Hall–Kier alpha value is -1.77. The molecule has 3 heteroatoms. The van der Waals surface area contributed by atoms with Crippen molar-refractivity contribution >= 4 is 21.9 Å². The summed E-state index contributed by atoms with van der Waals surface area (Å²) in [4.78, 5) is 3.32. The Balaban J connectivity index is 2.66. The number of rotatable bonds is 0. The fraction of sp³-hybridized carbons (Fsp3) is 0.100. The van der Waals surface area contributed by atoms with E-state index in [2.05, 4.69) is 22.2 Å². The lowest BCUT2D eigenvalue weighted by Crippen LogP contribution is -1.87. The van der Waals surface area contributed by atoms with Crippen molar-refractivity contribution in [1.29, 1.82) is 0 Å². The summed E-state index contributed by atoms with van der Waals surface area (Å²) < 4.78 is 1.90. The zero-order valence-corrected chi connectivity index (χ0v) is 7.28. The summed E-state index contributed by atoms with van der Waals surface area (Å²) in [6, 6.07) is 8.26. The monoisotopic (exact) mass is 171 g/mol. The van der Waals surface area contributed by atoms with Gasteiger partial charge in [0.15, 0.2) is 0 Å². The van der Waals surface area contributed by atoms with Gasteiger partial charge in [-0.05, 0) is 6.07 Å². The van der Waals surface area contributed by atoms with Crippen LogP contribution in [0.25, 0.3) is 21.9 Å². The van der Waals surface area contributed by atoms with Gasteiger partial charge in [-0.2, -0.15) is 5.10 Å². The van der Waals surface area contributed by atoms with Crippen LogP contribution in [0.3, 0.4) is 0 Å². The Kier molecular flexibility index (Phi) is 1.10. The summed E-state index contributed by atoms with van der Waals surface area (Å²) in [7, 11) is 1.96. The van der Waals surface area contributed by atoms with E-state index in [9.17, 15) is 0 Å². The van der Waals surface area contributed by atoms with E-state index in [4.69, 9.17) is 0 Å². The van der Waals surface area contributed by atoms with Crippen LogP contribution in [-0.4, -0.2) is 14.8 Å². The second-order valence-corrected chi connectivity index (χ2v) is 3.20. The molecule has 13 heavy (non-hydrogen) atoms. The number of para-hydroxylation sites is 1. The van der Waals surface area contributed by atoms with Crippen molar-refractivity contribution in [2.75, 3.05) is 0 Å². The quantitative estimate of drug-likeness (QED) is 0.551. The van der Waals surface area contributed by atoms with E-state index in [0.717, 1.165) is 5.52 Å². The maximum atomic E-state index is 4.19. The minimum atomic E-state index is 1.10. The summed E-state index contributed by atoms with van der Waals surface area (Å²) in [5, 5.41) is 5.43. The Bertz CT molecular complexity index is 574. The highest BCUT2D eigenvalue weighted by Crippen LogP contribution is 2.23. The van der Waals surface area contributed by atoms with Crippen molar-refractivity contribution in [1.82, 2.24) is 14.8 Å². The van der Waals surface area contributed by atoms with Crippen molar-refractivity contribution < 1.29 is 0 Å². The molecule has 0 saturated heterocycles. The molecule has 0 aliphatic heterocycles. The number of hydrogen-bond donors (Lipinski definition) is 1. The van der Waals surface area contributed by atoms with Gasteiger partial charge >= 0.3 is 0 Å². The number of aromatic amines is 1. The topological polar surface area (TPSA) is 33.6 Å². The number of nitrogens with zero attached hydrogens (tertiary/aromatic N) is 2. The molecular weight excluding hydrogens is 162 g/mol. The molecule has 0 saturated carbocycles. The number of aryl methyl sites for hydroxylation is 1. The van der Waals surface area contributed by atoms with Gasteiger partial charge in [0.05, 0.1) is 17.2 Å². The maximum Gasteiger partial charge on any atom is 0.0935 e. The molecule has 3 nitrogen and oxygen atoms in total. The second kappa shape index (κ2) is 2.13. The first-order valence-electron chi connectivity index (χ1n) is 4.25. The maximum absolute atomic E-state index is 4.19. The smallest absolute Gasteiger partial charge is 0.0935 e. The average molecular weight is 171 g/mol. The molecule has 64 valence electrons. The van der Waals surface area contributed by atoms with Crippen molar-refractivity contribution in [2.45, 2.75) is 0 Å². The summed E-state index contributed by atoms with van der Waals surface area (Å²) in [6.45, 7) is 0.